The SMILES string of the molecule is C/C=C(\NC(=O)c1nc(CN)ccc1F)C(O)N[C@H](C(=O)O)C(C)C. The fourth-order valence-electron chi connectivity index (χ4n) is 2.05. The first-order valence-corrected chi connectivity index (χ1v) is 7.71. The maximum absolute atomic E-state index is 13.8. The minimum absolute atomic E-state index is 0.0174. The van der Waals surface area contributed by atoms with Crippen LogP contribution in [0.25, 0.3) is 0 Å². The van der Waals surface area contributed by atoms with E-state index in [2.05, 4.69) is 15.6 Å². The molecule has 1 amide bonds. The molecule has 0 aliphatic carbocycles. The molecule has 0 spiro atoms. The minimum atomic E-state index is -1.46. The van der Waals surface area contributed by atoms with Crippen LogP contribution in [0.3, 0.4) is 0 Å². The lowest BCUT2D eigenvalue weighted by Gasteiger charge is -2.24. The van der Waals surface area contributed by atoms with E-state index in [0.29, 0.717) is 5.69 Å². The summed E-state index contributed by atoms with van der Waals surface area (Å²) in [6.45, 7) is 4.91. The van der Waals surface area contributed by atoms with E-state index < -0.39 is 35.7 Å². The van der Waals surface area contributed by atoms with Gasteiger partial charge in [-0.15, -0.1) is 0 Å². The molecule has 0 aliphatic rings. The quantitative estimate of drug-likeness (QED) is 0.424. The van der Waals surface area contributed by atoms with Crippen molar-refractivity contribution in [1.29, 1.82) is 0 Å². The number of aliphatic hydroxyl groups is 1. The molecule has 0 fully saturated rings. The third-order valence-corrected chi connectivity index (χ3v) is 3.46. The van der Waals surface area contributed by atoms with E-state index in [1.54, 1.807) is 13.8 Å². The number of nitrogens with one attached hydrogen (secondary N) is 2. The topological polar surface area (TPSA) is 138 Å². The highest BCUT2D eigenvalue weighted by molar-refractivity contribution is 5.93. The second-order valence-corrected chi connectivity index (χ2v) is 5.66. The highest BCUT2D eigenvalue weighted by atomic mass is 19.1. The Bertz CT molecular complexity index is 664. The van der Waals surface area contributed by atoms with Gasteiger partial charge in [0.25, 0.3) is 5.91 Å². The molecular formula is C16H23FN4O4. The summed E-state index contributed by atoms with van der Waals surface area (Å²) < 4.78 is 13.8. The number of pyridine rings is 1. The summed E-state index contributed by atoms with van der Waals surface area (Å²) in [5.41, 5.74) is 5.27. The number of carbonyl (C=O) groups is 2. The first kappa shape index (κ1) is 20.7. The van der Waals surface area contributed by atoms with Gasteiger partial charge in [0, 0.05) is 6.54 Å². The second-order valence-electron chi connectivity index (χ2n) is 5.66. The number of carbonyl (C=O) groups excluding carboxylic acids is 1. The Morgan fingerprint density at radius 3 is 2.52 bits per heavy atom. The van der Waals surface area contributed by atoms with Crippen molar-refractivity contribution in [3.05, 3.63) is 41.1 Å². The van der Waals surface area contributed by atoms with Gasteiger partial charge in [0.15, 0.2) is 11.5 Å². The molecule has 25 heavy (non-hydrogen) atoms. The van der Waals surface area contributed by atoms with Crippen molar-refractivity contribution in [1.82, 2.24) is 15.6 Å². The molecule has 0 saturated heterocycles. The number of halogens is 1. The number of allylic oxidation sites excluding steroid dienone is 1. The van der Waals surface area contributed by atoms with Crippen molar-refractivity contribution in [3.63, 3.8) is 0 Å². The van der Waals surface area contributed by atoms with Crippen molar-refractivity contribution >= 4 is 11.9 Å². The molecule has 0 aliphatic heterocycles. The number of carboxylic acid groups (broad SMARTS) is 1. The van der Waals surface area contributed by atoms with Gasteiger partial charge in [-0.05, 0) is 25.0 Å². The van der Waals surface area contributed by atoms with Gasteiger partial charge in [0.1, 0.15) is 12.3 Å². The number of aliphatic carboxylic acids is 1. The zero-order valence-electron chi connectivity index (χ0n) is 14.3. The molecule has 2 atom stereocenters. The number of hydrogen-bond acceptors (Lipinski definition) is 6. The van der Waals surface area contributed by atoms with Crippen molar-refractivity contribution in [2.24, 2.45) is 11.7 Å². The van der Waals surface area contributed by atoms with Crippen LogP contribution in [0.2, 0.25) is 0 Å². The van der Waals surface area contributed by atoms with E-state index in [9.17, 15) is 19.1 Å². The Morgan fingerprint density at radius 1 is 1.40 bits per heavy atom. The molecule has 1 rings (SSSR count). The van der Waals surface area contributed by atoms with E-state index in [0.717, 1.165) is 6.07 Å². The van der Waals surface area contributed by atoms with Gasteiger partial charge >= 0.3 is 5.97 Å². The summed E-state index contributed by atoms with van der Waals surface area (Å²) in [6, 6.07) is 1.41. The molecular weight excluding hydrogens is 331 g/mol. The minimum Gasteiger partial charge on any atom is -0.480 e. The number of amides is 1. The van der Waals surface area contributed by atoms with Gasteiger partial charge in [-0.2, -0.15) is 0 Å². The summed E-state index contributed by atoms with van der Waals surface area (Å²) in [5, 5.41) is 24.1. The average molecular weight is 354 g/mol. The first-order chi connectivity index (χ1) is 11.7. The van der Waals surface area contributed by atoms with E-state index in [-0.39, 0.29) is 18.2 Å². The van der Waals surface area contributed by atoms with E-state index >= 15 is 0 Å². The Morgan fingerprint density at radius 2 is 2.04 bits per heavy atom. The van der Waals surface area contributed by atoms with Crippen molar-refractivity contribution < 1.29 is 24.2 Å². The fraction of sp³-hybridized carbons (Fsp3) is 0.438. The van der Waals surface area contributed by atoms with Crippen LogP contribution in [0.15, 0.2) is 23.9 Å². The number of hydrogen-bond donors (Lipinski definition) is 5. The van der Waals surface area contributed by atoms with Gasteiger partial charge < -0.3 is 21.3 Å². The Hall–Kier alpha value is -2.36. The van der Waals surface area contributed by atoms with Crippen LogP contribution in [0.5, 0.6) is 0 Å². The first-order valence-electron chi connectivity index (χ1n) is 7.71. The molecule has 0 radical (unpaired) electrons. The fourth-order valence-corrected chi connectivity index (χ4v) is 2.05. The van der Waals surface area contributed by atoms with Crippen LogP contribution >= 0.6 is 0 Å². The van der Waals surface area contributed by atoms with Crippen molar-refractivity contribution in [2.75, 3.05) is 0 Å². The molecule has 138 valence electrons. The van der Waals surface area contributed by atoms with Crippen LogP contribution in [-0.2, 0) is 11.3 Å². The van der Waals surface area contributed by atoms with Crippen molar-refractivity contribution in [3.8, 4) is 0 Å². The Labute approximate surface area is 144 Å². The molecule has 1 unspecified atom stereocenters. The number of aromatic nitrogens is 1. The maximum Gasteiger partial charge on any atom is 0.321 e. The average Bonchev–Trinajstić information content (AvgIpc) is 2.56. The second kappa shape index (κ2) is 9.21. The molecule has 0 saturated carbocycles. The molecule has 6 N–H and O–H groups in total. The Kier molecular flexibility index (Phi) is 7.62. The summed E-state index contributed by atoms with van der Waals surface area (Å²) >= 11 is 0. The van der Waals surface area contributed by atoms with E-state index in [4.69, 9.17) is 10.8 Å². The highest BCUT2D eigenvalue weighted by Gasteiger charge is 2.26. The standard InChI is InChI=1S/C16H23FN4O4/c1-4-11(14(22)21-12(8(2)3)16(24)25)20-15(23)13-10(17)6-5-9(7-18)19-13/h4-6,8,12,14,21-22H,7,18H2,1-3H3,(H,20,23)(H,24,25)/b11-4-/t12-,14?/m0/s1. The third-order valence-electron chi connectivity index (χ3n) is 3.46. The number of rotatable bonds is 8. The summed E-state index contributed by atoms with van der Waals surface area (Å²) in [4.78, 5) is 27.2. The van der Waals surface area contributed by atoms with Gasteiger partial charge in [-0.1, -0.05) is 19.9 Å². The van der Waals surface area contributed by atoms with Crippen LogP contribution in [0.4, 0.5) is 4.39 Å². The van der Waals surface area contributed by atoms with E-state index in [1.807, 2.05) is 0 Å². The zero-order valence-corrected chi connectivity index (χ0v) is 14.3. The number of nitrogens with two attached hydrogens (primary N) is 1. The molecule has 1 aromatic heterocycles. The highest BCUT2D eigenvalue weighted by Crippen LogP contribution is 2.09. The van der Waals surface area contributed by atoms with Crippen LogP contribution < -0.4 is 16.4 Å². The van der Waals surface area contributed by atoms with Gasteiger partial charge in [0.05, 0.1) is 11.4 Å². The monoisotopic (exact) mass is 354 g/mol. The summed E-state index contributed by atoms with van der Waals surface area (Å²) in [5.74, 6) is -3.16. The number of aliphatic hydroxyl groups excluding tert-OH is 1. The molecule has 0 bridgehead atoms. The lowest BCUT2D eigenvalue weighted by Crippen LogP contribution is -2.49. The molecule has 1 heterocycles. The predicted octanol–water partition coefficient (Wildman–Crippen LogP) is 0.330. The Balaban J connectivity index is 2.91. The van der Waals surface area contributed by atoms with Crippen LogP contribution in [0.1, 0.15) is 37.0 Å². The molecule has 8 nitrogen and oxygen atoms in total. The molecule has 1 aromatic rings. The maximum atomic E-state index is 13.8. The van der Waals surface area contributed by atoms with Gasteiger partial charge in [-0.25, -0.2) is 9.37 Å². The van der Waals surface area contributed by atoms with Crippen molar-refractivity contribution in [2.45, 2.75) is 39.6 Å². The predicted molar refractivity (Wildman–Crippen MR) is 88.7 cm³/mol. The van der Waals surface area contributed by atoms with E-state index in [1.165, 1.54) is 19.1 Å². The number of nitrogens with zero attached hydrogens (tertiary/aromatic N) is 1. The lowest BCUT2D eigenvalue weighted by atomic mass is 10.0. The molecule has 9 heteroatoms. The smallest absolute Gasteiger partial charge is 0.321 e. The number of carboxylic acids is 1. The largest absolute Gasteiger partial charge is 0.480 e. The van der Waals surface area contributed by atoms with Crippen LogP contribution in [-0.4, -0.2) is 39.3 Å². The lowest BCUT2D eigenvalue weighted by molar-refractivity contribution is -0.141. The van der Waals surface area contributed by atoms with Crippen LogP contribution in [0, 0.1) is 11.7 Å². The molecule has 0 aromatic carbocycles. The van der Waals surface area contributed by atoms with Gasteiger partial charge in [-0.3, -0.25) is 14.9 Å². The third kappa shape index (κ3) is 5.59. The summed E-state index contributed by atoms with van der Waals surface area (Å²) in [6.07, 6.45) is -0.0855. The van der Waals surface area contributed by atoms with Gasteiger partial charge in [0.2, 0.25) is 0 Å². The normalized spacial score (nSPS) is 14.3. The summed E-state index contributed by atoms with van der Waals surface area (Å²) in [7, 11) is 0. The zero-order chi connectivity index (χ0) is 19.1.